The van der Waals surface area contributed by atoms with Gasteiger partial charge in [-0.3, -0.25) is 0 Å². The zero-order valence-corrected chi connectivity index (χ0v) is 12.6. The average Bonchev–Trinajstić information content (AvgIpc) is 2.49. The SMILES string of the molecule is C[C@@]1(O)CCCN(c2nc(C#N)nc3c(F)c(Cl)ncc23)C1. The van der Waals surface area contributed by atoms with Gasteiger partial charge in [0.1, 0.15) is 17.4 Å². The molecule has 3 rings (SSSR count). The Bertz CT molecular complexity index is 789. The zero-order valence-electron chi connectivity index (χ0n) is 11.8. The van der Waals surface area contributed by atoms with Crippen LogP contribution in [-0.4, -0.2) is 38.7 Å². The van der Waals surface area contributed by atoms with Crippen LogP contribution in [0.2, 0.25) is 5.15 Å². The van der Waals surface area contributed by atoms with Crippen LogP contribution < -0.4 is 4.90 Å². The Morgan fingerprint density at radius 2 is 2.27 bits per heavy atom. The van der Waals surface area contributed by atoms with E-state index in [1.54, 1.807) is 6.92 Å². The molecule has 1 atom stereocenters. The average molecular weight is 322 g/mol. The lowest BCUT2D eigenvalue weighted by Crippen LogP contribution is -2.46. The Morgan fingerprint density at radius 1 is 1.50 bits per heavy atom. The minimum Gasteiger partial charge on any atom is -0.388 e. The largest absolute Gasteiger partial charge is 0.388 e. The molecule has 2 aromatic heterocycles. The number of β-amino-alcohol motifs (C(OH)–C–C–N with tert-alkyl or cyclic N) is 1. The van der Waals surface area contributed by atoms with Gasteiger partial charge in [-0.25, -0.2) is 19.3 Å². The first-order valence-electron chi connectivity index (χ1n) is 6.80. The number of pyridine rings is 1. The highest BCUT2D eigenvalue weighted by Crippen LogP contribution is 2.31. The van der Waals surface area contributed by atoms with Crippen molar-refractivity contribution >= 4 is 28.3 Å². The topological polar surface area (TPSA) is 85.9 Å². The van der Waals surface area contributed by atoms with Crippen LogP contribution in [0.4, 0.5) is 10.2 Å². The fraction of sp³-hybridized carbons (Fsp3) is 0.429. The molecule has 0 spiro atoms. The molecule has 22 heavy (non-hydrogen) atoms. The summed E-state index contributed by atoms with van der Waals surface area (Å²) in [7, 11) is 0. The Balaban J connectivity index is 2.20. The number of hydrogen-bond acceptors (Lipinski definition) is 6. The van der Waals surface area contributed by atoms with Crippen LogP contribution in [0.25, 0.3) is 10.9 Å². The summed E-state index contributed by atoms with van der Waals surface area (Å²) in [6, 6.07) is 1.82. The van der Waals surface area contributed by atoms with Crippen LogP contribution >= 0.6 is 11.6 Å². The van der Waals surface area contributed by atoms with E-state index in [-0.39, 0.29) is 16.5 Å². The van der Waals surface area contributed by atoms with Gasteiger partial charge in [-0.2, -0.15) is 5.26 Å². The minimum atomic E-state index is -0.860. The molecule has 0 aromatic carbocycles. The highest BCUT2D eigenvalue weighted by Gasteiger charge is 2.30. The van der Waals surface area contributed by atoms with Gasteiger partial charge in [-0.15, -0.1) is 0 Å². The van der Waals surface area contributed by atoms with E-state index < -0.39 is 11.4 Å². The lowest BCUT2D eigenvalue weighted by Gasteiger charge is -2.37. The number of piperidine rings is 1. The van der Waals surface area contributed by atoms with Gasteiger partial charge in [0, 0.05) is 19.3 Å². The molecule has 8 heteroatoms. The molecule has 1 fully saturated rings. The predicted octanol–water partition coefficient (Wildman–Crippen LogP) is 2.04. The lowest BCUT2D eigenvalue weighted by molar-refractivity contribution is 0.0448. The van der Waals surface area contributed by atoms with Crippen molar-refractivity contribution < 1.29 is 9.50 Å². The molecule has 0 bridgehead atoms. The fourth-order valence-electron chi connectivity index (χ4n) is 2.71. The first kappa shape index (κ1) is 14.9. The molecule has 0 aliphatic carbocycles. The molecule has 0 saturated carbocycles. The second kappa shape index (κ2) is 5.30. The molecule has 2 aromatic rings. The van der Waals surface area contributed by atoms with E-state index >= 15 is 0 Å². The Kier molecular flexibility index (Phi) is 3.59. The number of aliphatic hydroxyl groups is 1. The summed E-state index contributed by atoms with van der Waals surface area (Å²) in [6.45, 7) is 2.73. The van der Waals surface area contributed by atoms with Crippen molar-refractivity contribution in [3.05, 3.63) is 23.0 Å². The van der Waals surface area contributed by atoms with E-state index in [1.807, 2.05) is 11.0 Å². The summed E-state index contributed by atoms with van der Waals surface area (Å²) < 4.78 is 14.2. The third-order valence-corrected chi connectivity index (χ3v) is 3.96. The molecule has 0 radical (unpaired) electrons. The molecule has 0 unspecified atom stereocenters. The molecule has 3 heterocycles. The molecular formula is C14H13ClFN5O. The Morgan fingerprint density at radius 3 is 2.95 bits per heavy atom. The van der Waals surface area contributed by atoms with Gasteiger partial charge in [-0.1, -0.05) is 11.6 Å². The van der Waals surface area contributed by atoms with Crippen LogP contribution in [0.5, 0.6) is 0 Å². The summed E-state index contributed by atoms with van der Waals surface area (Å²) >= 11 is 5.68. The minimum absolute atomic E-state index is 0.0354. The number of fused-ring (bicyclic) bond motifs is 1. The maximum Gasteiger partial charge on any atom is 0.234 e. The van der Waals surface area contributed by atoms with Crippen LogP contribution in [0.3, 0.4) is 0 Å². The highest BCUT2D eigenvalue weighted by molar-refractivity contribution is 6.30. The third-order valence-electron chi connectivity index (χ3n) is 3.70. The van der Waals surface area contributed by atoms with Gasteiger partial charge in [0.2, 0.25) is 5.82 Å². The number of nitrogens with zero attached hydrogens (tertiary/aromatic N) is 5. The maximum absolute atomic E-state index is 14.2. The van der Waals surface area contributed by atoms with Crippen LogP contribution in [0.15, 0.2) is 6.20 Å². The lowest BCUT2D eigenvalue weighted by atomic mass is 9.95. The number of aromatic nitrogens is 3. The molecule has 114 valence electrons. The number of anilines is 1. The second-order valence-corrected chi connectivity index (χ2v) is 5.99. The molecule has 0 amide bonds. The molecular weight excluding hydrogens is 309 g/mol. The standard InChI is InChI=1S/C14H13ClFN5O/c1-14(22)3-2-4-21(7-14)13-8-6-18-12(15)10(16)11(8)19-9(5-17)20-13/h6,22H,2-4,7H2,1H3/t14-/m1/s1. The quantitative estimate of drug-likeness (QED) is 0.809. The monoisotopic (exact) mass is 321 g/mol. The van der Waals surface area contributed by atoms with E-state index in [2.05, 4.69) is 15.0 Å². The van der Waals surface area contributed by atoms with Gasteiger partial charge in [0.15, 0.2) is 11.0 Å². The van der Waals surface area contributed by atoms with Gasteiger partial charge in [0.25, 0.3) is 0 Å². The second-order valence-electron chi connectivity index (χ2n) is 5.63. The van der Waals surface area contributed by atoms with Gasteiger partial charge < -0.3 is 10.0 Å². The van der Waals surface area contributed by atoms with E-state index in [0.29, 0.717) is 30.7 Å². The molecule has 1 N–H and O–H groups in total. The van der Waals surface area contributed by atoms with Crippen LogP contribution in [0, 0.1) is 17.1 Å². The maximum atomic E-state index is 14.2. The van der Waals surface area contributed by atoms with Crippen molar-refractivity contribution in [2.45, 2.75) is 25.4 Å². The van der Waals surface area contributed by atoms with Crippen molar-refractivity contribution in [3.63, 3.8) is 0 Å². The number of nitriles is 1. The van der Waals surface area contributed by atoms with Gasteiger partial charge >= 0.3 is 0 Å². The number of hydrogen-bond donors (Lipinski definition) is 1. The summed E-state index contributed by atoms with van der Waals surface area (Å²) in [5, 5.41) is 19.4. The van der Waals surface area contributed by atoms with E-state index in [0.717, 1.165) is 6.42 Å². The first-order valence-corrected chi connectivity index (χ1v) is 7.18. The smallest absolute Gasteiger partial charge is 0.234 e. The summed E-state index contributed by atoms with van der Waals surface area (Å²) in [4.78, 5) is 13.7. The van der Waals surface area contributed by atoms with Crippen molar-refractivity contribution in [1.29, 1.82) is 5.26 Å². The van der Waals surface area contributed by atoms with Crippen LogP contribution in [-0.2, 0) is 0 Å². The molecule has 1 saturated heterocycles. The first-order chi connectivity index (χ1) is 10.4. The van der Waals surface area contributed by atoms with Crippen LogP contribution in [0.1, 0.15) is 25.6 Å². The Labute approximate surface area is 131 Å². The van der Waals surface area contributed by atoms with Gasteiger partial charge in [0.05, 0.1) is 11.0 Å². The van der Waals surface area contributed by atoms with Crippen molar-refractivity contribution in [3.8, 4) is 6.07 Å². The summed E-state index contributed by atoms with van der Waals surface area (Å²) in [6.07, 6.45) is 2.83. The zero-order chi connectivity index (χ0) is 15.9. The Hall–Kier alpha value is -2.04. The summed E-state index contributed by atoms with van der Waals surface area (Å²) in [5.74, 6) is -0.526. The number of rotatable bonds is 1. The predicted molar refractivity (Wildman–Crippen MR) is 79.1 cm³/mol. The van der Waals surface area contributed by atoms with Gasteiger partial charge in [-0.05, 0) is 19.8 Å². The summed E-state index contributed by atoms with van der Waals surface area (Å²) in [5.41, 5.74) is -0.896. The van der Waals surface area contributed by atoms with E-state index in [9.17, 15) is 9.50 Å². The van der Waals surface area contributed by atoms with Crippen molar-refractivity contribution in [2.24, 2.45) is 0 Å². The molecule has 6 nitrogen and oxygen atoms in total. The van der Waals surface area contributed by atoms with Crippen molar-refractivity contribution in [2.75, 3.05) is 18.0 Å². The molecule has 1 aliphatic rings. The fourth-order valence-corrected chi connectivity index (χ4v) is 2.85. The molecule has 1 aliphatic heterocycles. The number of halogens is 2. The highest BCUT2D eigenvalue weighted by atomic mass is 35.5. The normalized spacial score (nSPS) is 21.9. The van der Waals surface area contributed by atoms with E-state index in [4.69, 9.17) is 16.9 Å². The van der Waals surface area contributed by atoms with Crippen molar-refractivity contribution in [1.82, 2.24) is 15.0 Å². The third kappa shape index (κ3) is 2.56. The van der Waals surface area contributed by atoms with E-state index in [1.165, 1.54) is 6.20 Å².